The molecular weight excluding hydrogens is 190 g/mol. The van der Waals surface area contributed by atoms with Gasteiger partial charge in [0.25, 0.3) is 0 Å². The Morgan fingerprint density at radius 1 is 1.73 bits per heavy atom. The van der Waals surface area contributed by atoms with Crippen LogP contribution in [-0.4, -0.2) is 22.2 Å². The number of carbonyl (C=O) groups is 1. The van der Waals surface area contributed by atoms with Gasteiger partial charge >= 0.3 is 0 Å². The van der Waals surface area contributed by atoms with Crippen molar-refractivity contribution in [1.29, 1.82) is 0 Å². The minimum Gasteiger partial charge on any atom is -0.352 e. The van der Waals surface area contributed by atoms with Crippen LogP contribution < -0.4 is 5.32 Å². The van der Waals surface area contributed by atoms with Gasteiger partial charge in [-0.25, -0.2) is 0 Å². The quantitative estimate of drug-likeness (QED) is 0.744. The first-order valence-corrected chi connectivity index (χ1v) is 5.19. The lowest BCUT2D eigenvalue weighted by atomic mass is 10.3. The van der Waals surface area contributed by atoms with Gasteiger partial charge in [-0.05, 0) is 30.9 Å². The van der Waals surface area contributed by atoms with Crippen LogP contribution in [-0.2, 0) is 11.8 Å². The van der Waals surface area contributed by atoms with Crippen LogP contribution in [0.25, 0.3) is 6.08 Å². The van der Waals surface area contributed by atoms with Gasteiger partial charge in [0.2, 0.25) is 5.91 Å². The molecule has 1 heterocycles. The molecule has 1 aromatic heterocycles. The maximum Gasteiger partial charge on any atom is 0.244 e. The third-order valence-corrected chi connectivity index (χ3v) is 2.53. The smallest absolute Gasteiger partial charge is 0.244 e. The molecule has 0 atom stereocenters. The predicted molar refractivity (Wildman–Crippen MR) is 58.0 cm³/mol. The fourth-order valence-electron chi connectivity index (χ4n) is 1.33. The molecule has 2 rings (SSSR count). The van der Waals surface area contributed by atoms with Crippen LogP contribution in [0.3, 0.4) is 0 Å². The Hall–Kier alpha value is -1.58. The lowest BCUT2D eigenvalue weighted by Gasteiger charge is -1.98. The summed E-state index contributed by atoms with van der Waals surface area (Å²) in [7, 11) is 1.85. The number of rotatable bonds is 4. The number of aromatic nitrogens is 2. The lowest BCUT2D eigenvalue weighted by Crippen LogP contribution is -2.23. The van der Waals surface area contributed by atoms with Gasteiger partial charge in [-0.2, -0.15) is 5.10 Å². The molecule has 1 aliphatic carbocycles. The van der Waals surface area contributed by atoms with Crippen LogP contribution in [0.1, 0.15) is 18.5 Å². The molecule has 0 aliphatic heterocycles. The second-order valence-electron chi connectivity index (χ2n) is 3.90. The van der Waals surface area contributed by atoms with E-state index in [1.54, 1.807) is 23.0 Å². The summed E-state index contributed by atoms with van der Waals surface area (Å²) < 4.78 is 1.73. The van der Waals surface area contributed by atoms with Gasteiger partial charge in [0.05, 0.1) is 5.69 Å². The van der Waals surface area contributed by atoms with Crippen molar-refractivity contribution in [2.24, 2.45) is 13.0 Å². The molecule has 0 saturated heterocycles. The van der Waals surface area contributed by atoms with E-state index < -0.39 is 0 Å². The highest BCUT2D eigenvalue weighted by atomic mass is 16.1. The number of nitrogens with one attached hydrogen (secondary N) is 1. The number of carbonyl (C=O) groups excluding carboxylic acids is 1. The Kier molecular flexibility index (Phi) is 2.85. The van der Waals surface area contributed by atoms with Gasteiger partial charge in [0.15, 0.2) is 0 Å². The van der Waals surface area contributed by atoms with Gasteiger partial charge in [-0.1, -0.05) is 0 Å². The van der Waals surface area contributed by atoms with Crippen molar-refractivity contribution in [1.82, 2.24) is 15.1 Å². The molecule has 1 aliphatic rings. The van der Waals surface area contributed by atoms with Crippen molar-refractivity contribution >= 4 is 12.0 Å². The zero-order chi connectivity index (χ0) is 10.7. The Balaban J connectivity index is 1.81. The number of amides is 1. The molecule has 0 bridgehead atoms. The zero-order valence-corrected chi connectivity index (χ0v) is 8.81. The van der Waals surface area contributed by atoms with Crippen molar-refractivity contribution in [2.45, 2.75) is 12.8 Å². The predicted octanol–water partition coefficient (Wildman–Crippen LogP) is 0.960. The molecule has 1 N–H and O–H groups in total. The topological polar surface area (TPSA) is 46.9 Å². The second kappa shape index (κ2) is 4.29. The molecule has 1 aromatic rings. The van der Waals surface area contributed by atoms with Crippen LogP contribution in [0.4, 0.5) is 0 Å². The van der Waals surface area contributed by atoms with Crippen LogP contribution in [0.15, 0.2) is 18.3 Å². The van der Waals surface area contributed by atoms with E-state index in [0.717, 1.165) is 18.2 Å². The molecule has 4 nitrogen and oxygen atoms in total. The van der Waals surface area contributed by atoms with Crippen molar-refractivity contribution in [3.8, 4) is 0 Å². The average molecular weight is 205 g/mol. The van der Waals surface area contributed by atoms with Crippen molar-refractivity contribution < 1.29 is 4.79 Å². The maximum absolute atomic E-state index is 11.4. The first kappa shape index (κ1) is 9.96. The van der Waals surface area contributed by atoms with Crippen LogP contribution >= 0.6 is 0 Å². The first-order valence-electron chi connectivity index (χ1n) is 5.19. The molecule has 0 spiro atoms. The summed E-state index contributed by atoms with van der Waals surface area (Å²) in [4.78, 5) is 11.4. The van der Waals surface area contributed by atoms with Crippen LogP contribution in [0.2, 0.25) is 0 Å². The fraction of sp³-hybridized carbons (Fsp3) is 0.455. The monoisotopic (exact) mass is 205 g/mol. The third-order valence-electron chi connectivity index (χ3n) is 2.53. The molecule has 0 unspecified atom stereocenters. The summed E-state index contributed by atoms with van der Waals surface area (Å²) in [6, 6.07) is 1.87. The molecule has 0 radical (unpaired) electrons. The van der Waals surface area contributed by atoms with E-state index in [0.29, 0.717) is 0 Å². The van der Waals surface area contributed by atoms with E-state index in [-0.39, 0.29) is 5.91 Å². The summed E-state index contributed by atoms with van der Waals surface area (Å²) in [5.74, 6) is 0.696. The number of hydrogen-bond donors (Lipinski definition) is 1. The van der Waals surface area contributed by atoms with Crippen molar-refractivity contribution in [3.63, 3.8) is 0 Å². The Bertz CT molecular complexity index is 377. The Morgan fingerprint density at radius 3 is 3.13 bits per heavy atom. The summed E-state index contributed by atoms with van der Waals surface area (Å²) >= 11 is 0. The van der Waals surface area contributed by atoms with Crippen LogP contribution in [0.5, 0.6) is 0 Å². The summed E-state index contributed by atoms with van der Waals surface area (Å²) in [5, 5.41) is 6.88. The number of aryl methyl sites for hydroxylation is 1. The molecular formula is C11H15N3O. The molecule has 1 amide bonds. The molecule has 1 fully saturated rings. The maximum atomic E-state index is 11.4. The van der Waals surface area contributed by atoms with E-state index in [4.69, 9.17) is 0 Å². The van der Waals surface area contributed by atoms with Gasteiger partial charge in [0, 0.05) is 25.9 Å². The second-order valence-corrected chi connectivity index (χ2v) is 3.90. The molecule has 80 valence electrons. The van der Waals surface area contributed by atoms with Gasteiger partial charge in [-0.3, -0.25) is 9.48 Å². The largest absolute Gasteiger partial charge is 0.352 e. The summed E-state index contributed by atoms with van der Waals surface area (Å²) in [6.07, 6.45) is 7.55. The zero-order valence-electron chi connectivity index (χ0n) is 8.81. The van der Waals surface area contributed by atoms with E-state index in [1.807, 2.05) is 13.1 Å². The highest BCUT2D eigenvalue weighted by molar-refractivity contribution is 5.91. The van der Waals surface area contributed by atoms with E-state index in [9.17, 15) is 4.79 Å². The molecule has 4 heteroatoms. The third kappa shape index (κ3) is 2.94. The molecule has 15 heavy (non-hydrogen) atoms. The fourth-order valence-corrected chi connectivity index (χ4v) is 1.33. The van der Waals surface area contributed by atoms with Gasteiger partial charge < -0.3 is 5.32 Å². The molecule has 0 aromatic carbocycles. The summed E-state index contributed by atoms with van der Waals surface area (Å²) in [5.41, 5.74) is 0.927. The van der Waals surface area contributed by atoms with Crippen molar-refractivity contribution in [3.05, 3.63) is 24.0 Å². The summed E-state index contributed by atoms with van der Waals surface area (Å²) in [6.45, 7) is 0.814. The van der Waals surface area contributed by atoms with Gasteiger partial charge in [-0.15, -0.1) is 0 Å². The lowest BCUT2D eigenvalue weighted by molar-refractivity contribution is -0.116. The average Bonchev–Trinajstić information content (AvgIpc) is 2.96. The van der Waals surface area contributed by atoms with Crippen molar-refractivity contribution in [2.75, 3.05) is 6.54 Å². The highest BCUT2D eigenvalue weighted by Gasteiger charge is 2.20. The molecule has 1 saturated carbocycles. The van der Waals surface area contributed by atoms with E-state index >= 15 is 0 Å². The normalized spacial score (nSPS) is 15.8. The highest BCUT2D eigenvalue weighted by Crippen LogP contribution is 2.27. The number of nitrogens with zero attached hydrogens (tertiary/aromatic N) is 2. The van der Waals surface area contributed by atoms with E-state index in [1.165, 1.54) is 12.8 Å². The standard InChI is InChI=1S/C11H15N3O/c1-14-10(6-7-13-14)4-5-11(15)12-8-9-2-3-9/h4-7,9H,2-3,8H2,1H3,(H,12,15)/b5-4+. The SMILES string of the molecule is Cn1nccc1/C=C/C(=O)NCC1CC1. The minimum atomic E-state index is -0.0249. The van der Waals surface area contributed by atoms with Gasteiger partial charge in [0.1, 0.15) is 0 Å². The minimum absolute atomic E-state index is 0.0249. The Labute approximate surface area is 89.0 Å². The van der Waals surface area contributed by atoms with Crippen LogP contribution in [0, 0.1) is 5.92 Å². The van der Waals surface area contributed by atoms with E-state index in [2.05, 4.69) is 10.4 Å². The number of hydrogen-bond acceptors (Lipinski definition) is 2. The first-order chi connectivity index (χ1) is 7.25. The Morgan fingerprint density at radius 2 is 2.53 bits per heavy atom.